The Kier molecular flexibility index (Phi) is 48.2. The first-order valence-electron chi connectivity index (χ1n) is 28.8. The summed E-state index contributed by atoms with van der Waals surface area (Å²) >= 11 is 0. The molecule has 406 valence electrons. The van der Waals surface area contributed by atoms with Gasteiger partial charge >= 0.3 is 5.97 Å². The van der Waals surface area contributed by atoms with Gasteiger partial charge in [0.25, 0.3) is 7.82 Å². The lowest BCUT2D eigenvalue weighted by Gasteiger charge is -2.30. The van der Waals surface area contributed by atoms with E-state index in [0.717, 1.165) is 89.9 Å². The van der Waals surface area contributed by atoms with Crippen LogP contribution >= 0.6 is 7.82 Å². The molecule has 0 aromatic heterocycles. The number of quaternary nitrogens is 1. The van der Waals surface area contributed by atoms with E-state index < -0.39 is 26.6 Å². The van der Waals surface area contributed by atoms with Gasteiger partial charge in [-0.05, 0) is 83.1 Å². The molecule has 10 heteroatoms. The molecular formula is C60H109N2O7P. The zero-order chi connectivity index (χ0) is 51.5. The van der Waals surface area contributed by atoms with Gasteiger partial charge in [0.05, 0.1) is 33.8 Å². The van der Waals surface area contributed by atoms with Gasteiger partial charge in [-0.2, -0.15) is 0 Å². The molecule has 0 radical (unpaired) electrons. The maximum Gasteiger partial charge on any atom is 0.306 e. The predicted octanol–water partition coefficient (Wildman–Crippen LogP) is 16.6. The Hall–Kier alpha value is -2.55. The van der Waals surface area contributed by atoms with Crippen LogP contribution in [0.5, 0.6) is 0 Å². The average molecular weight is 1000 g/mol. The van der Waals surface area contributed by atoms with E-state index >= 15 is 0 Å². The van der Waals surface area contributed by atoms with E-state index in [0.29, 0.717) is 23.9 Å². The molecule has 3 atom stereocenters. The maximum atomic E-state index is 13.5. The summed E-state index contributed by atoms with van der Waals surface area (Å²) in [5.74, 6) is -0.565. The lowest BCUT2D eigenvalue weighted by Crippen LogP contribution is -2.47. The van der Waals surface area contributed by atoms with E-state index in [1.807, 2.05) is 33.3 Å². The highest BCUT2D eigenvalue weighted by Gasteiger charge is 2.27. The Balaban J connectivity index is 5.37. The first kappa shape index (κ1) is 67.5. The van der Waals surface area contributed by atoms with Gasteiger partial charge in [-0.3, -0.25) is 14.2 Å². The molecule has 0 bridgehead atoms. The smallest absolute Gasteiger partial charge is 0.306 e. The molecule has 0 saturated heterocycles. The zero-order valence-corrected chi connectivity index (χ0v) is 47.1. The number of carbonyl (C=O) groups excluding carboxylic acids is 2. The van der Waals surface area contributed by atoms with Crippen molar-refractivity contribution in [3.8, 4) is 0 Å². The molecule has 0 fully saturated rings. The van der Waals surface area contributed by atoms with Crippen LogP contribution in [0.4, 0.5) is 0 Å². The summed E-state index contributed by atoms with van der Waals surface area (Å²) in [5, 5.41) is 3.01. The number of hydrogen-bond acceptors (Lipinski definition) is 7. The van der Waals surface area contributed by atoms with Crippen molar-refractivity contribution in [1.82, 2.24) is 5.32 Å². The van der Waals surface area contributed by atoms with Crippen LogP contribution in [0.3, 0.4) is 0 Å². The fourth-order valence-corrected chi connectivity index (χ4v) is 8.69. The van der Waals surface area contributed by atoms with E-state index in [4.69, 9.17) is 13.8 Å². The highest BCUT2D eigenvalue weighted by molar-refractivity contribution is 7.45. The van der Waals surface area contributed by atoms with Gasteiger partial charge in [0.2, 0.25) is 5.91 Å². The number of allylic oxidation sites excluding steroid dienone is 11. The lowest BCUT2D eigenvalue weighted by atomic mass is 10.0. The second-order valence-corrected chi connectivity index (χ2v) is 21.9. The van der Waals surface area contributed by atoms with Crippen LogP contribution in [-0.4, -0.2) is 69.4 Å². The molecule has 0 aliphatic heterocycles. The Bertz CT molecular complexity index is 1430. The second-order valence-electron chi connectivity index (χ2n) is 20.5. The third-order valence-corrected chi connectivity index (χ3v) is 13.4. The molecule has 0 saturated carbocycles. The SMILES string of the molecule is CC/C=C/C=C/C=C/CCCCCCCCCC(=O)OC(/C=C/CCCCCCCCCCCC)C(COP(=O)([O-])OCC[N+](C)(C)C)NC(=O)CCCCCCCCC/C=C\C/C=C\CCCCC. The average Bonchev–Trinajstić information content (AvgIpc) is 3.32. The number of amides is 1. The zero-order valence-electron chi connectivity index (χ0n) is 46.2. The molecule has 9 nitrogen and oxygen atoms in total. The van der Waals surface area contributed by atoms with Crippen molar-refractivity contribution in [2.24, 2.45) is 0 Å². The summed E-state index contributed by atoms with van der Waals surface area (Å²) < 4.78 is 30.2. The van der Waals surface area contributed by atoms with Crippen LogP contribution in [0.2, 0.25) is 0 Å². The quantitative estimate of drug-likeness (QED) is 0.0161. The molecule has 1 amide bonds. The Morgan fingerprint density at radius 2 is 0.971 bits per heavy atom. The molecule has 0 aliphatic carbocycles. The van der Waals surface area contributed by atoms with Gasteiger partial charge in [-0.25, -0.2) is 0 Å². The van der Waals surface area contributed by atoms with E-state index in [9.17, 15) is 19.0 Å². The first-order valence-corrected chi connectivity index (χ1v) is 30.2. The standard InChI is InChI=1S/C60H109N2O7P/c1-7-10-13-16-19-22-25-28-30-31-33-34-37-40-43-46-49-52-59(63)61-57(56-68-70(65,66)67-55-54-62(4,5)6)58(51-48-45-42-39-36-27-24-21-18-15-12-9-3)69-60(64)53-50-47-44-41-38-35-32-29-26-23-20-17-14-11-8-2/h11,14,17,19-20,22-23,26,28,30,48,51,57-58H,7-10,12-13,15-16,18,21,24-25,27,29,31-47,49-50,52-56H2,1-6H3,(H-,61,63,65,66)/b14-11+,20-17+,22-19-,26-23+,30-28-,51-48+. The number of unbranched alkanes of at least 4 members (excludes halogenated alkanes) is 27. The highest BCUT2D eigenvalue weighted by Crippen LogP contribution is 2.38. The third-order valence-electron chi connectivity index (χ3n) is 12.4. The van der Waals surface area contributed by atoms with Crippen molar-refractivity contribution < 1.29 is 37.3 Å². The van der Waals surface area contributed by atoms with Crippen LogP contribution in [0.25, 0.3) is 0 Å². The van der Waals surface area contributed by atoms with Gasteiger partial charge in [-0.1, -0.05) is 222 Å². The summed E-state index contributed by atoms with van der Waals surface area (Å²) in [6, 6.07) is -0.899. The maximum absolute atomic E-state index is 13.5. The number of ether oxygens (including phenoxy) is 1. The predicted molar refractivity (Wildman–Crippen MR) is 298 cm³/mol. The molecular weight excluding hydrogens is 892 g/mol. The number of phosphoric ester groups is 1. The second kappa shape index (κ2) is 50.0. The molecule has 0 spiro atoms. The number of nitrogens with zero attached hydrogens (tertiary/aromatic N) is 1. The van der Waals surface area contributed by atoms with E-state index in [2.05, 4.69) is 86.8 Å². The minimum Gasteiger partial charge on any atom is -0.756 e. The topological polar surface area (TPSA) is 114 Å². The normalized spacial score (nSPS) is 14.3. The minimum absolute atomic E-state index is 0.0285. The number of hydrogen-bond donors (Lipinski definition) is 1. The molecule has 1 N–H and O–H groups in total. The number of rotatable bonds is 51. The van der Waals surface area contributed by atoms with E-state index in [1.54, 1.807) is 0 Å². The first-order chi connectivity index (χ1) is 33.9. The summed E-state index contributed by atoms with van der Waals surface area (Å²) in [6.45, 7) is 6.67. The van der Waals surface area contributed by atoms with Gasteiger partial charge in [0.15, 0.2) is 0 Å². The molecule has 70 heavy (non-hydrogen) atoms. The highest BCUT2D eigenvalue weighted by atomic mass is 31.2. The number of nitrogens with one attached hydrogen (secondary N) is 1. The van der Waals surface area contributed by atoms with Gasteiger partial charge in [-0.15, -0.1) is 0 Å². The van der Waals surface area contributed by atoms with Crippen LogP contribution < -0.4 is 10.2 Å². The van der Waals surface area contributed by atoms with Crippen molar-refractivity contribution >= 4 is 19.7 Å². The number of phosphoric acid groups is 1. The number of likely N-dealkylation sites (N-methyl/N-ethyl adjacent to an activating group) is 1. The van der Waals surface area contributed by atoms with Crippen molar-refractivity contribution in [2.75, 3.05) is 40.9 Å². The van der Waals surface area contributed by atoms with Crippen LogP contribution in [0.15, 0.2) is 72.9 Å². The van der Waals surface area contributed by atoms with Crippen LogP contribution in [-0.2, 0) is 27.9 Å². The Labute approximate surface area is 432 Å². The number of carbonyl (C=O) groups is 2. The van der Waals surface area contributed by atoms with Gasteiger partial charge < -0.3 is 28.5 Å². The fourth-order valence-electron chi connectivity index (χ4n) is 7.96. The largest absolute Gasteiger partial charge is 0.756 e. The number of esters is 1. The molecule has 0 aromatic carbocycles. The van der Waals surface area contributed by atoms with Crippen molar-refractivity contribution in [3.05, 3.63) is 72.9 Å². The monoisotopic (exact) mass is 1000 g/mol. The van der Waals surface area contributed by atoms with E-state index in [-0.39, 0.29) is 24.9 Å². The summed E-state index contributed by atoms with van der Waals surface area (Å²) in [4.78, 5) is 39.9. The summed E-state index contributed by atoms with van der Waals surface area (Å²) in [6.07, 6.45) is 62.9. The summed E-state index contributed by atoms with van der Waals surface area (Å²) in [7, 11) is 1.16. The van der Waals surface area contributed by atoms with Crippen molar-refractivity contribution in [2.45, 2.75) is 258 Å². The molecule has 0 heterocycles. The van der Waals surface area contributed by atoms with Gasteiger partial charge in [0, 0.05) is 12.8 Å². The molecule has 3 unspecified atom stereocenters. The Morgan fingerprint density at radius 3 is 1.50 bits per heavy atom. The van der Waals surface area contributed by atoms with E-state index in [1.165, 1.54) is 116 Å². The van der Waals surface area contributed by atoms with Crippen LogP contribution in [0, 0.1) is 0 Å². The molecule has 0 aliphatic rings. The van der Waals surface area contributed by atoms with Crippen molar-refractivity contribution in [1.29, 1.82) is 0 Å². The molecule has 0 aromatic rings. The molecule has 0 rings (SSSR count). The fraction of sp³-hybridized carbons (Fsp3) is 0.767. The third kappa shape index (κ3) is 50.4. The summed E-state index contributed by atoms with van der Waals surface area (Å²) in [5.41, 5.74) is 0. The minimum atomic E-state index is -4.70. The van der Waals surface area contributed by atoms with Gasteiger partial charge in [0.1, 0.15) is 19.3 Å². The lowest BCUT2D eigenvalue weighted by molar-refractivity contribution is -0.870. The van der Waals surface area contributed by atoms with Crippen LogP contribution in [0.1, 0.15) is 245 Å². The Morgan fingerprint density at radius 1 is 0.529 bits per heavy atom. The van der Waals surface area contributed by atoms with Crippen molar-refractivity contribution in [3.63, 3.8) is 0 Å².